The monoisotopic (exact) mass is 354 g/mol. The Morgan fingerprint density at radius 2 is 2.00 bits per heavy atom. The van der Waals surface area contributed by atoms with Gasteiger partial charge in [-0.3, -0.25) is 0 Å². The van der Waals surface area contributed by atoms with E-state index >= 15 is 0 Å². The van der Waals surface area contributed by atoms with Crippen LogP contribution in [0.1, 0.15) is 20.3 Å². The third-order valence-electron chi connectivity index (χ3n) is 2.48. The lowest BCUT2D eigenvalue weighted by atomic mass is 10.3. The summed E-state index contributed by atoms with van der Waals surface area (Å²) in [6.45, 7) is 4.61. The largest absolute Gasteiger partial charge is 0.398 e. The van der Waals surface area contributed by atoms with E-state index in [1.807, 2.05) is 6.92 Å². The van der Waals surface area contributed by atoms with Crippen LogP contribution in [0.2, 0.25) is 5.02 Å². The maximum Gasteiger partial charge on any atom is 0.244 e. The Bertz CT molecular complexity index is 534. The summed E-state index contributed by atoms with van der Waals surface area (Å²) < 4.78 is 26.7. The van der Waals surface area contributed by atoms with Gasteiger partial charge in [-0.25, -0.2) is 8.42 Å². The molecule has 0 saturated carbocycles. The van der Waals surface area contributed by atoms with Crippen molar-refractivity contribution < 1.29 is 8.42 Å². The van der Waals surface area contributed by atoms with Crippen LogP contribution in [0.3, 0.4) is 0 Å². The molecular formula is C11H16BrClN2O2S. The summed E-state index contributed by atoms with van der Waals surface area (Å²) in [6, 6.07) is 2.93. The Kier molecular flexibility index (Phi) is 5.46. The Hall–Kier alpha value is -0.300. The number of benzene rings is 1. The average molecular weight is 356 g/mol. The van der Waals surface area contributed by atoms with Crippen molar-refractivity contribution in [3.63, 3.8) is 0 Å². The maximum atomic E-state index is 12.5. The van der Waals surface area contributed by atoms with Crippen LogP contribution in [0.15, 0.2) is 21.5 Å². The molecule has 18 heavy (non-hydrogen) atoms. The number of nitrogens with zero attached hydrogens (tertiary/aromatic N) is 1. The lowest BCUT2D eigenvalue weighted by Crippen LogP contribution is -2.32. The molecule has 0 amide bonds. The average Bonchev–Trinajstić information content (AvgIpc) is 2.30. The number of sulfonamides is 1. The van der Waals surface area contributed by atoms with E-state index in [1.54, 1.807) is 6.92 Å². The predicted octanol–water partition coefficient (Wildman–Crippen LogP) is 3.11. The summed E-state index contributed by atoms with van der Waals surface area (Å²) in [6.07, 6.45) is 0.751. The number of halogens is 2. The second kappa shape index (κ2) is 6.23. The molecule has 0 aliphatic rings. The molecule has 0 saturated heterocycles. The van der Waals surface area contributed by atoms with E-state index in [2.05, 4.69) is 15.9 Å². The molecule has 1 aromatic rings. The van der Waals surface area contributed by atoms with Crippen LogP contribution in [0.25, 0.3) is 0 Å². The van der Waals surface area contributed by atoms with Gasteiger partial charge in [-0.2, -0.15) is 4.31 Å². The van der Waals surface area contributed by atoms with Crippen molar-refractivity contribution >= 4 is 43.2 Å². The highest BCUT2D eigenvalue weighted by atomic mass is 79.9. The van der Waals surface area contributed by atoms with Gasteiger partial charge >= 0.3 is 0 Å². The lowest BCUT2D eigenvalue weighted by Gasteiger charge is -2.21. The second-order valence-electron chi connectivity index (χ2n) is 3.80. The predicted molar refractivity (Wildman–Crippen MR) is 78.3 cm³/mol. The third kappa shape index (κ3) is 3.17. The number of rotatable bonds is 5. The van der Waals surface area contributed by atoms with Gasteiger partial charge in [-0.05, 0) is 34.5 Å². The quantitative estimate of drug-likeness (QED) is 0.825. The molecule has 0 spiro atoms. The van der Waals surface area contributed by atoms with Gasteiger partial charge in [0.25, 0.3) is 0 Å². The molecule has 102 valence electrons. The van der Waals surface area contributed by atoms with Crippen LogP contribution in [-0.4, -0.2) is 25.8 Å². The molecule has 1 rings (SSSR count). The number of nitrogen functional groups attached to an aromatic ring is 1. The van der Waals surface area contributed by atoms with Crippen molar-refractivity contribution in [3.05, 3.63) is 21.6 Å². The van der Waals surface area contributed by atoms with Crippen molar-refractivity contribution in [2.24, 2.45) is 0 Å². The molecule has 0 heterocycles. The summed E-state index contributed by atoms with van der Waals surface area (Å²) in [5.41, 5.74) is 6.03. The number of anilines is 1. The molecule has 0 aliphatic carbocycles. The molecule has 0 radical (unpaired) electrons. The fraction of sp³-hybridized carbons (Fsp3) is 0.455. The molecule has 4 nitrogen and oxygen atoms in total. The Labute approximate surface area is 121 Å². The molecule has 0 fully saturated rings. The highest BCUT2D eigenvalue weighted by Gasteiger charge is 2.26. The first-order chi connectivity index (χ1) is 8.34. The SMILES string of the molecule is CCCN(CC)S(=O)(=O)c1cc(Cl)cc(N)c1Br. The van der Waals surface area contributed by atoms with Gasteiger partial charge in [-0.1, -0.05) is 25.4 Å². The highest BCUT2D eigenvalue weighted by molar-refractivity contribution is 9.10. The van der Waals surface area contributed by atoms with Gasteiger partial charge in [0.05, 0.1) is 9.37 Å². The van der Waals surface area contributed by atoms with Crippen LogP contribution in [0, 0.1) is 0 Å². The third-order valence-corrected chi connectivity index (χ3v) is 5.84. The van der Waals surface area contributed by atoms with Crippen molar-refractivity contribution in [2.45, 2.75) is 25.2 Å². The molecule has 7 heteroatoms. The summed E-state index contributed by atoms with van der Waals surface area (Å²) >= 11 is 9.08. The van der Waals surface area contributed by atoms with E-state index in [-0.39, 0.29) is 4.90 Å². The smallest absolute Gasteiger partial charge is 0.244 e. The number of hydrogen-bond donors (Lipinski definition) is 1. The van der Waals surface area contributed by atoms with Crippen molar-refractivity contribution in [2.75, 3.05) is 18.8 Å². The molecule has 2 N–H and O–H groups in total. The highest BCUT2D eigenvalue weighted by Crippen LogP contribution is 2.33. The van der Waals surface area contributed by atoms with Crippen molar-refractivity contribution in [1.82, 2.24) is 4.31 Å². The van der Waals surface area contributed by atoms with E-state index in [1.165, 1.54) is 16.4 Å². The molecular weight excluding hydrogens is 340 g/mol. The minimum absolute atomic E-state index is 0.114. The van der Waals surface area contributed by atoms with Crippen LogP contribution in [0.5, 0.6) is 0 Å². The molecule has 0 aliphatic heterocycles. The molecule has 0 aromatic heterocycles. The van der Waals surface area contributed by atoms with E-state index in [9.17, 15) is 8.42 Å². The van der Waals surface area contributed by atoms with E-state index in [0.717, 1.165) is 6.42 Å². The van der Waals surface area contributed by atoms with Gasteiger partial charge in [0.15, 0.2) is 0 Å². The first kappa shape index (κ1) is 15.8. The lowest BCUT2D eigenvalue weighted by molar-refractivity contribution is 0.427. The Morgan fingerprint density at radius 1 is 1.39 bits per heavy atom. The summed E-state index contributed by atoms with van der Waals surface area (Å²) in [4.78, 5) is 0.114. The topological polar surface area (TPSA) is 63.4 Å². The van der Waals surface area contributed by atoms with Crippen LogP contribution >= 0.6 is 27.5 Å². The van der Waals surface area contributed by atoms with Crippen molar-refractivity contribution in [1.29, 1.82) is 0 Å². The molecule has 0 unspecified atom stereocenters. The van der Waals surface area contributed by atoms with E-state index < -0.39 is 10.0 Å². The summed E-state index contributed by atoms with van der Waals surface area (Å²) in [5, 5.41) is 0.307. The van der Waals surface area contributed by atoms with E-state index in [0.29, 0.717) is 28.3 Å². The van der Waals surface area contributed by atoms with Crippen LogP contribution in [-0.2, 0) is 10.0 Å². The number of hydrogen-bond acceptors (Lipinski definition) is 3. The zero-order valence-electron chi connectivity index (χ0n) is 10.3. The number of nitrogens with two attached hydrogens (primary N) is 1. The normalized spacial score (nSPS) is 12.1. The van der Waals surface area contributed by atoms with Gasteiger partial charge in [0.2, 0.25) is 10.0 Å². The minimum atomic E-state index is -3.57. The summed E-state index contributed by atoms with van der Waals surface area (Å²) in [5.74, 6) is 0. The van der Waals surface area contributed by atoms with Crippen LogP contribution in [0.4, 0.5) is 5.69 Å². The molecule has 1 aromatic carbocycles. The van der Waals surface area contributed by atoms with Gasteiger partial charge in [0, 0.05) is 23.8 Å². The second-order valence-corrected chi connectivity index (χ2v) is 6.94. The van der Waals surface area contributed by atoms with Gasteiger partial charge < -0.3 is 5.73 Å². The Balaban J connectivity index is 3.36. The van der Waals surface area contributed by atoms with E-state index in [4.69, 9.17) is 17.3 Å². The first-order valence-corrected chi connectivity index (χ1v) is 8.20. The van der Waals surface area contributed by atoms with Gasteiger partial charge in [-0.15, -0.1) is 0 Å². The molecule has 0 atom stereocenters. The summed E-state index contributed by atoms with van der Waals surface area (Å²) in [7, 11) is -3.57. The van der Waals surface area contributed by atoms with Crippen molar-refractivity contribution in [3.8, 4) is 0 Å². The maximum absolute atomic E-state index is 12.5. The zero-order chi connectivity index (χ0) is 13.9. The van der Waals surface area contributed by atoms with Crippen LogP contribution < -0.4 is 5.73 Å². The fourth-order valence-electron chi connectivity index (χ4n) is 1.61. The Morgan fingerprint density at radius 3 is 2.50 bits per heavy atom. The first-order valence-electron chi connectivity index (χ1n) is 5.59. The fourth-order valence-corrected chi connectivity index (χ4v) is 4.40. The molecule has 0 bridgehead atoms. The standard InChI is InChI=1S/C11H16BrClN2O2S/c1-3-5-15(4-2)18(16,17)10-7-8(13)6-9(14)11(10)12/h6-7H,3-5,14H2,1-2H3. The minimum Gasteiger partial charge on any atom is -0.398 e. The van der Waals surface area contributed by atoms with Gasteiger partial charge in [0.1, 0.15) is 0 Å². The zero-order valence-corrected chi connectivity index (χ0v) is 13.4.